The van der Waals surface area contributed by atoms with Gasteiger partial charge in [0.25, 0.3) is 5.91 Å². The molecule has 0 saturated heterocycles. The summed E-state index contributed by atoms with van der Waals surface area (Å²) in [6, 6.07) is 4.02. The van der Waals surface area contributed by atoms with Crippen molar-refractivity contribution in [1.82, 2.24) is 9.88 Å². The summed E-state index contributed by atoms with van der Waals surface area (Å²) in [6.45, 7) is 8.79. The minimum Gasteiger partial charge on any atom is -0.451 e. The molecule has 1 aliphatic rings. The first-order chi connectivity index (χ1) is 13.8. The number of nitrogens with one attached hydrogen (secondary N) is 1. The Morgan fingerprint density at radius 1 is 1.28 bits per heavy atom. The van der Waals surface area contributed by atoms with Crippen molar-refractivity contribution in [2.75, 3.05) is 6.61 Å². The van der Waals surface area contributed by atoms with Crippen LogP contribution in [0.2, 0.25) is 0 Å². The quantitative estimate of drug-likeness (QED) is 0.324. The smallest absolute Gasteiger partial charge is 0.349 e. The minimum absolute atomic E-state index is 0.0999. The van der Waals surface area contributed by atoms with E-state index < -0.39 is 5.97 Å². The van der Waals surface area contributed by atoms with E-state index in [0.29, 0.717) is 5.92 Å². The molecule has 1 fully saturated rings. The van der Waals surface area contributed by atoms with Gasteiger partial charge < -0.3 is 14.6 Å². The number of carbonyl (C=O) groups is 2. The summed E-state index contributed by atoms with van der Waals surface area (Å²) in [7, 11) is 0. The molecule has 0 atom stereocenters. The first kappa shape index (κ1) is 22.7. The van der Waals surface area contributed by atoms with Crippen LogP contribution >= 0.6 is 0 Å². The third-order valence-electron chi connectivity index (χ3n) is 5.36. The van der Waals surface area contributed by atoms with Gasteiger partial charge in [-0.15, -0.1) is 0 Å². The molecule has 1 N–H and O–H groups in total. The van der Waals surface area contributed by atoms with Gasteiger partial charge in [0.1, 0.15) is 11.6 Å². The van der Waals surface area contributed by atoms with E-state index in [2.05, 4.69) is 23.7 Å². The molecule has 6 heteroatoms. The summed E-state index contributed by atoms with van der Waals surface area (Å²) in [5.41, 5.74) is 2.80. The number of aromatic nitrogens is 1. The number of amides is 1. The molecular weight excluding hydrogens is 366 g/mol. The zero-order valence-corrected chi connectivity index (χ0v) is 18.1. The Labute approximate surface area is 173 Å². The molecule has 2 rings (SSSR count). The molecule has 1 aromatic rings. The van der Waals surface area contributed by atoms with Gasteiger partial charge in [0, 0.05) is 24.0 Å². The van der Waals surface area contributed by atoms with Gasteiger partial charge in [0.05, 0.1) is 0 Å². The van der Waals surface area contributed by atoms with Crippen LogP contribution in [0, 0.1) is 31.1 Å². The van der Waals surface area contributed by atoms with E-state index in [1.54, 1.807) is 6.08 Å². The second-order valence-electron chi connectivity index (χ2n) is 8.33. The summed E-state index contributed by atoms with van der Waals surface area (Å²) < 4.78 is 7.27. The summed E-state index contributed by atoms with van der Waals surface area (Å²) in [5, 5.41) is 12.3. The molecule has 0 unspecified atom stereocenters. The number of nitrogens with zero attached hydrogens (tertiary/aromatic N) is 2. The van der Waals surface area contributed by atoms with Crippen molar-refractivity contribution in [2.24, 2.45) is 5.92 Å². The van der Waals surface area contributed by atoms with Crippen LogP contribution in [-0.4, -0.2) is 29.1 Å². The van der Waals surface area contributed by atoms with Crippen LogP contribution in [0.3, 0.4) is 0 Å². The van der Waals surface area contributed by atoms with Crippen molar-refractivity contribution in [3.8, 4) is 6.07 Å². The van der Waals surface area contributed by atoms with Gasteiger partial charge in [0.2, 0.25) is 0 Å². The standard InChI is InChI=1S/C23H33N3O3/c1-16(2)14-26-17(3)11-19(18(26)4)12-20(13-24)23(28)29-15-22(27)25-21-9-7-5-6-8-10-21/h11-12,16,21H,5-10,14-15H2,1-4H3,(H,25,27). The number of hydrogen-bond donors (Lipinski definition) is 1. The van der Waals surface area contributed by atoms with Crippen LogP contribution in [0.5, 0.6) is 0 Å². The first-order valence-corrected chi connectivity index (χ1v) is 10.6. The molecule has 0 bridgehead atoms. The van der Waals surface area contributed by atoms with Crippen molar-refractivity contribution in [3.05, 3.63) is 28.6 Å². The molecule has 29 heavy (non-hydrogen) atoms. The molecule has 6 nitrogen and oxygen atoms in total. The molecule has 158 valence electrons. The fourth-order valence-corrected chi connectivity index (χ4v) is 3.81. The maximum Gasteiger partial charge on any atom is 0.349 e. The lowest BCUT2D eigenvalue weighted by Gasteiger charge is -2.16. The van der Waals surface area contributed by atoms with Crippen LogP contribution in [0.1, 0.15) is 69.3 Å². The molecule has 0 aliphatic heterocycles. The normalized spacial score (nSPS) is 15.7. The Hall–Kier alpha value is -2.55. The van der Waals surface area contributed by atoms with Crippen molar-refractivity contribution in [3.63, 3.8) is 0 Å². The zero-order valence-electron chi connectivity index (χ0n) is 18.1. The van der Waals surface area contributed by atoms with Gasteiger partial charge in [-0.1, -0.05) is 39.5 Å². The third kappa shape index (κ3) is 6.77. The largest absolute Gasteiger partial charge is 0.451 e. The average molecular weight is 400 g/mol. The summed E-state index contributed by atoms with van der Waals surface area (Å²) in [6.07, 6.45) is 8.11. The second kappa shape index (κ2) is 10.8. The predicted molar refractivity (Wildman–Crippen MR) is 113 cm³/mol. The summed E-state index contributed by atoms with van der Waals surface area (Å²) in [5.74, 6) is -0.584. The lowest BCUT2D eigenvalue weighted by atomic mass is 10.1. The van der Waals surface area contributed by atoms with Gasteiger partial charge in [-0.25, -0.2) is 4.79 Å². The molecule has 0 radical (unpaired) electrons. The van der Waals surface area contributed by atoms with Crippen LogP contribution in [0.15, 0.2) is 11.6 Å². The van der Waals surface area contributed by atoms with Crippen molar-refractivity contribution in [1.29, 1.82) is 5.26 Å². The van der Waals surface area contributed by atoms with Crippen molar-refractivity contribution >= 4 is 18.0 Å². The van der Waals surface area contributed by atoms with E-state index in [1.807, 2.05) is 26.0 Å². The Morgan fingerprint density at radius 2 is 1.93 bits per heavy atom. The summed E-state index contributed by atoms with van der Waals surface area (Å²) in [4.78, 5) is 24.4. The molecule has 0 aromatic carbocycles. The average Bonchev–Trinajstić information content (AvgIpc) is 2.85. The molecular formula is C23H33N3O3. The first-order valence-electron chi connectivity index (χ1n) is 10.6. The highest BCUT2D eigenvalue weighted by Crippen LogP contribution is 2.20. The number of esters is 1. The Morgan fingerprint density at radius 3 is 2.52 bits per heavy atom. The fraction of sp³-hybridized carbons (Fsp3) is 0.609. The van der Waals surface area contributed by atoms with E-state index in [1.165, 1.54) is 12.8 Å². The summed E-state index contributed by atoms with van der Waals surface area (Å²) >= 11 is 0. The van der Waals surface area contributed by atoms with Crippen LogP contribution in [0.4, 0.5) is 0 Å². The van der Waals surface area contributed by atoms with E-state index in [4.69, 9.17) is 4.74 Å². The highest BCUT2D eigenvalue weighted by molar-refractivity contribution is 5.99. The van der Waals surface area contributed by atoms with Gasteiger partial charge >= 0.3 is 5.97 Å². The number of hydrogen-bond acceptors (Lipinski definition) is 4. The van der Waals surface area contributed by atoms with E-state index >= 15 is 0 Å². The molecule has 1 saturated carbocycles. The monoisotopic (exact) mass is 399 g/mol. The minimum atomic E-state index is -0.767. The topological polar surface area (TPSA) is 84.1 Å². The van der Waals surface area contributed by atoms with Crippen LogP contribution in [0.25, 0.3) is 6.08 Å². The van der Waals surface area contributed by atoms with Gasteiger partial charge in [-0.3, -0.25) is 4.79 Å². The van der Waals surface area contributed by atoms with Gasteiger partial charge in [-0.05, 0) is 50.3 Å². The molecule has 1 heterocycles. The lowest BCUT2D eigenvalue weighted by molar-refractivity contribution is -0.144. The zero-order chi connectivity index (χ0) is 21.4. The number of carbonyl (C=O) groups excluding carboxylic acids is 2. The lowest BCUT2D eigenvalue weighted by Crippen LogP contribution is -2.37. The molecule has 1 aliphatic carbocycles. The maximum atomic E-state index is 12.3. The van der Waals surface area contributed by atoms with Crippen molar-refractivity contribution < 1.29 is 14.3 Å². The van der Waals surface area contributed by atoms with E-state index in [-0.39, 0.29) is 24.1 Å². The van der Waals surface area contributed by atoms with Gasteiger partial charge in [-0.2, -0.15) is 5.26 Å². The number of aryl methyl sites for hydroxylation is 1. The highest BCUT2D eigenvalue weighted by Gasteiger charge is 2.18. The Balaban J connectivity index is 1.98. The van der Waals surface area contributed by atoms with Gasteiger partial charge in [0.15, 0.2) is 6.61 Å². The second-order valence-corrected chi connectivity index (χ2v) is 8.33. The van der Waals surface area contributed by atoms with Crippen LogP contribution < -0.4 is 5.32 Å². The Kier molecular flexibility index (Phi) is 8.50. The SMILES string of the molecule is Cc1cc(C=C(C#N)C(=O)OCC(=O)NC2CCCCCC2)c(C)n1CC(C)C. The maximum absolute atomic E-state index is 12.3. The number of ether oxygens (including phenoxy) is 1. The molecule has 1 amide bonds. The predicted octanol–water partition coefficient (Wildman–Crippen LogP) is 4.05. The third-order valence-corrected chi connectivity index (χ3v) is 5.36. The fourth-order valence-electron chi connectivity index (χ4n) is 3.81. The number of nitriles is 1. The van der Waals surface area contributed by atoms with Crippen molar-refractivity contribution in [2.45, 2.75) is 78.8 Å². The number of rotatable bonds is 7. The molecule has 1 aromatic heterocycles. The highest BCUT2D eigenvalue weighted by atomic mass is 16.5. The van der Waals surface area contributed by atoms with Crippen LogP contribution in [-0.2, 0) is 20.9 Å². The van der Waals surface area contributed by atoms with E-state index in [9.17, 15) is 14.9 Å². The molecule has 0 spiro atoms. The van der Waals surface area contributed by atoms with E-state index in [0.717, 1.165) is 49.2 Å². The Bertz CT molecular complexity index is 791.